The van der Waals surface area contributed by atoms with Gasteiger partial charge < -0.3 is 5.11 Å². The molecule has 0 aliphatic rings. The molecule has 1 N–H and O–H groups in total. The quantitative estimate of drug-likeness (QED) is 0.910. The van der Waals surface area contributed by atoms with Crippen molar-refractivity contribution in [3.63, 3.8) is 0 Å². The van der Waals surface area contributed by atoms with Crippen LogP contribution in [0.1, 0.15) is 12.5 Å². The normalized spacial score (nSPS) is 12.6. The Balaban J connectivity index is 2.09. The largest absolute Gasteiger partial charge is 0.480 e. The smallest absolute Gasteiger partial charge is 0.320 e. The lowest BCUT2D eigenvalue weighted by atomic mass is 10.2. The van der Waals surface area contributed by atoms with Gasteiger partial charge in [0.15, 0.2) is 0 Å². The number of benzene rings is 1. The third kappa shape index (κ3) is 3.46. The molecule has 106 valence electrons. The van der Waals surface area contributed by atoms with E-state index < -0.39 is 12.0 Å². The summed E-state index contributed by atoms with van der Waals surface area (Å²) < 4.78 is 2.80. The lowest BCUT2D eigenvalue weighted by molar-refractivity contribution is -0.142. The second-order valence-corrected chi connectivity index (χ2v) is 5.61. The minimum atomic E-state index is -0.826. The van der Waals surface area contributed by atoms with Crippen molar-refractivity contribution in [2.75, 3.05) is 7.05 Å². The Morgan fingerprint density at radius 3 is 2.70 bits per heavy atom. The van der Waals surface area contributed by atoms with Crippen molar-refractivity contribution in [1.82, 2.24) is 14.7 Å². The van der Waals surface area contributed by atoms with Crippen LogP contribution in [0.15, 0.2) is 41.1 Å². The lowest BCUT2D eigenvalue weighted by Gasteiger charge is -2.19. The van der Waals surface area contributed by atoms with Crippen LogP contribution in [-0.4, -0.2) is 38.8 Å². The number of carboxylic acid groups (broad SMARTS) is 1. The number of rotatable bonds is 5. The molecule has 20 heavy (non-hydrogen) atoms. The van der Waals surface area contributed by atoms with Gasteiger partial charge in [0.1, 0.15) is 6.04 Å². The van der Waals surface area contributed by atoms with E-state index >= 15 is 0 Å². The van der Waals surface area contributed by atoms with Gasteiger partial charge in [-0.05, 0) is 38.2 Å². The summed E-state index contributed by atoms with van der Waals surface area (Å²) in [4.78, 5) is 12.7. The molecule has 0 radical (unpaired) electrons. The highest BCUT2D eigenvalue weighted by Crippen LogP contribution is 2.14. The molecule has 1 heterocycles. The van der Waals surface area contributed by atoms with Crippen LogP contribution in [0.25, 0.3) is 5.69 Å². The van der Waals surface area contributed by atoms with Gasteiger partial charge in [-0.15, -0.1) is 0 Å². The van der Waals surface area contributed by atoms with Crippen LogP contribution in [0.4, 0.5) is 0 Å². The molecule has 5 nitrogen and oxygen atoms in total. The molecule has 1 aromatic heterocycles. The average Bonchev–Trinajstić information content (AvgIpc) is 2.87. The summed E-state index contributed by atoms with van der Waals surface area (Å²) in [5, 5.41) is 13.3. The molecule has 0 bridgehead atoms. The van der Waals surface area contributed by atoms with Crippen molar-refractivity contribution in [3.8, 4) is 5.69 Å². The Morgan fingerprint density at radius 2 is 2.10 bits per heavy atom. The van der Waals surface area contributed by atoms with Crippen molar-refractivity contribution in [1.29, 1.82) is 0 Å². The summed E-state index contributed by atoms with van der Waals surface area (Å²) in [6.45, 7) is 2.21. The minimum Gasteiger partial charge on any atom is -0.480 e. The molecule has 1 aromatic carbocycles. The summed E-state index contributed by atoms with van der Waals surface area (Å²) in [5.41, 5.74) is 1.94. The highest BCUT2D eigenvalue weighted by Gasteiger charge is 2.17. The topological polar surface area (TPSA) is 58.4 Å². The summed E-state index contributed by atoms with van der Waals surface area (Å²) in [5.74, 6) is -0.826. The first-order chi connectivity index (χ1) is 9.47. The average molecular weight is 338 g/mol. The maximum atomic E-state index is 10.9. The predicted molar refractivity (Wildman–Crippen MR) is 79.8 cm³/mol. The molecule has 1 atom stereocenters. The molecule has 0 aliphatic heterocycles. The van der Waals surface area contributed by atoms with Crippen LogP contribution in [0.5, 0.6) is 0 Å². The zero-order valence-corrected chi connectivity index (χ0v) is 12.9. The summed E-state index contributed by atoms with van der Waals surface area (Å²) >= 11 is 3.39. The molecule has 1 unspecified atom stereocenters. The number of aromatic nitrogens is 2. The van der Waals surface area contributed by atoms with E-state index in [0.29, 0.717) is 6.54 Å². The van der Waals surface area contributed by atoms with Crippen molar-refractivity contribution >= 4 is 21.9 Å². The van der Waals surface area contributed by atoms with Crippen LogP contribution in [0.2, 0.25) is 0 Å². The van der Waals surface area contributed by atoms with E-state index in [1.807, 2.05) is 30.5 Å². The first kappa shape index (κ1) is 14.7. The number of nitrogens with zero attached hydrogens (tertiary/aromatic N) is 3. The first-order valence-electron chi connectivity index (χ1n) is 6.20. The Kier molecular flexibility index (Phi) is 4.57. The molecule has 0 fully saturated rings. The standard InChI is InChI=1S/C14H16BrN3O2/c1-10(14(19)20)17(2)8-11-7-16-18(9-11)13-5-3-12(15)4-6-13/h3-7,9-10H,8H2,1-2H3,(H,19,20). The number of carbonyl (C=O) groups is 1. The molecule has 6 heteroatoms. The molecule has 2 rings (SSSR count). The van der Waals surface area contributed by atoms with Crippen LogP contribution in [0.3, 0.4) is 0 Å². The lowest BCUT2D eigenvalue weighted by Crippen LogP contribution is -2.35. The Morgan fingerprint density at radius 1 is 1.45 bits per heavy atom. The van der Waals surface area contributed by atoms with Crippen molar-refractivity contribution in [2.45, 2.75) is 19.5 Å². The fraction of sp³-hybridized carbons (Fsp3) is 0.286. The maximum absolute atomic E-state index is 10.9. The van der Waals surface area contributed by atoms with Gasteiger partial charge in [0.2, 0.25) is 0 Å². The number of carboxylic acids is 1. The monoisotopic (exact) mass is 337 g/mol. The Labute approximate surface area is 126 Å². The van der Waals surface area contributed by atoms with Crippen LogP contribution in [0, 0.1) is 0 Å². The molecule has 0 saturated heterocycles. The van der Waals surface area contributed by atoms with Gasteiger partial charge in [0.05, 0.1) is 11.9 Å². The number of aliphatic carboxylic acids is 1. The fourth-order valence-electron chi connectivity index (χ4n) is 1.79. The van der Waals surface area contributed by atoms with E-state index in [9.17, 15) is 4.79 Å². The van der Waals surface area contributed by atoms with E-state index in [4.69, 9.17) is 5.11 Å². The molecule has 0 amide bonds. The highest BCUT2D eigenvalue weighted by molar-refractivity contribution is 9.10. The Bertz CT molecular complexity index is 595. The van der Waals surface area contributed by atoms with Gasteiger partial charge in [-0.2, -0.15) is 5.10 Å². The third-order valence-electron chi connectivity index (χ3n) is 3.18. The second kappa shape index (κ2) is 6.19. The number of hydrogen-bond donors (Lipinski definition) is 1. The van der Waals surface area contributed by atoms with E-state index in [0.717, 1.165) is 15.7 Å². The zero-order chi connectivity index (χ0) is 14.7. The van der Waals surface area contributed by atoms with Gasteiger partial charge in [-0.1, -0.05) is 15.9 Å². The second-order valence-electron chi connectivity index (χ2n) is 4.70. The van der Waals surface area contributed by atoms with Crippen molar-refractivity contribution in [2.24, 2.45) is 0 Å². The molecule has 2 aromatic rings. The van der Waals surface area contributed by atoms with Gasteiger partial charge in [0, 0.05) is 22.8 Å². The molecular weight excluding hydrogens is 322 g/mol. The summed E-state index contributed by atoms with van der Waals surface area (Å²) in [7, 11) is 1.79. The van der Waals surface area contributed by atoms with Crippen LogP contribution in [-0.2, 0) is 11.3 Å². The molecule has 0 aliphatic carbocycles. The van der Waals surface area contributed by atoms with E-state index in [2.05, 4.69) is 21.0 Å². The maximum Gasteiger partial charge on any atom is 0.320 e. The molecule has 0 saturated carbocycles. The van der Waals surface area contributed by atoms with Crippen molar-refractivity contribution < 1.29 is 9.90 Å². The van der Waals surface area contributed by atoms with Crippen molar-refractivity contribution in [3.05, 3.63) is 46.7 Å². The van der Waals surface area contributed by atoms with Gasteiger partial charge >= 0.3 is 5.97 Å². The van der Waals surface area contributed by atoms with Gasteiger partial charge in [0.25, 0.3) is 0 Å². The molecule has 0 spiro atoms. The fourth-order valence-corrected chi connectivity index (χ4v) is 2.05. The van der Waals surface area contributed by atoms with E-state index in [1.165, 1.54) is 0 Å². The third-order valence-corrected chi connectivity index (χ3v) is 3.71. The van der Waals surface area contributed by atoms with E-state index in [-0.39, 0.29) is 0 Å². The van der Waals surface area contributed by atoms with Gasteiger partial charge in [-0.3, -0.25) is 9.69 Å². The Hall–Kier alpha value is -1.66. The number of halogens is 1. The van der Waals surface area contributed by atoms with Gasteiger partial charge in [-0.25, -0.2) is 4.68 Å². The number of likely N-dealkylation sites (N-methyl/N-ethyl adjacent to an activating group) is 1. The SMILES string of the molecule is CC(C(=O)O)N(C)Cc1cnn(-c2ccc(Br)cc2)c1. The highest BCUT2D eigenvalue weighted by atomic mass is 79.9. The first-order valence-corrected chi connectivity index (χ1v) is 6.99. The summed E-state index contributed by atoms with van der Waals surface area (Å²) in [6.07, 6.45) is 3.67. The van der Waals surface area contributed by atoms with E-state index in [1.54, 1.807) is 29.7 Å². The zero-order valence-electron chi connectivity index (χ0n) is 11.3. The van der Waals surface area contributed by atoms with Crippen LogP contribution >= 0.6 is 15.9 Å². The minimum absolute atomic E-state index is 0.522. The summed E-state index contributed by atoms with van der Waals surface area (Å²) in [6, 6.07) is 7.31. The molecular formula is C14H16BrN3O2. The number of hydrogen-bond acceptors (Lipinski definition) is 3. The van der Waals surface area contributed by atoms with Crippen LogP contribution < -0.4 is 0 Å². The predicted octanol–water partition coefficient (Wildman–Crippen LogP) is 2.54.